The Morgan fingerprint density at radius 1 is 0.667 bits per heavy atom. The highest BCUT2D eigenvalue weighted by Gasteiger charge is 2.37. The SMILES string of the molecule is C[C@@H](O)[C@@H]1NC(=O)[C@H](CCCCN)NC(=O)[C@@H](Cc2ccc(C(N)=O)cc2)NC(=O)[C@H](Cc2ccc(O)cc2)NC(=O)[C@H](NC(=O)[C@@H](N)Cc2ccc(Cl)cc2)CNC(=O)SC[C@@H](C(=O)N[C@H](Cc2ccc(O)cc2)C(N)=O)NC1=O. The van der Waals surface area contributed by atoms with Gasteiger partial charge in [-0.2, -0.15) is 0 Å². The van der Waals surface area contributed by atoms with Crippen LogP contribution in [0.2, 0.25) is 5.02 Å². The minimum atomic E-state index is -1.84. The third-order valence-electron chi connectivity index (χ3n) is 12.8. The molecule has 1 aliphatic heterocycles. The summed E-state index contributed by atoms with van der Waals surface area (Å²) in [5, 5.41) is 50.6. The lowest BCUT2D eigenvalue weighted by molar-refractivity contribution is -0.136. The largest absolute Gasteiger partial charge is 0.508 e. The molecule has 10 amide bonds. The van der Waals surface area contributed by atoms with Crippen molar-refractivity contribution in [1.29, 1.82) is 0 Å². The number of nitrogens with one attached hydrogen (secondary N) is 8. The van der Waals surface area contributed by atoms with Gasteiger partial charge in [0.05, 0.1) is 12.1 Å². The number of hydrogen-bond acceptors (Lipinski definition) is 16. The molecule has 0 unspecified atom stereocenters. The van der Waals surface area contributed by atoms with Gasteiger partial charge in [0.2, 0.25) is 53.2 Å². The Labute approximate surface area is 475 Å². The highest BCUT2D eigenvalue weighted by atomic mass is 35.5. The van der Waals surface area contributed by atoms with Gasteiger partial charge < -0.3 is 80.8 Å². The molecule has 0 aromatic heterocycles. The van der Waals surface area contributed by atoms with Gasteiger partial charge in [0, 0.05) is 42.1 Å². The molecule has 81 heavy (non-hydrogen) atoms. The third kappa shape index (κ3) is 20.4. The zero-order valence-corrected chi connectivity index (χ0v) is 45.6. The standard InChI is InChI=1S/C54H67ClN12O13S/c1-28(68)44-53(79)66-43(52(78)62-39(46(59)72)23-31-9-17-35(69)18-10-31)27-81-54(80)60-26-42(65-47(73)37(57)22-29-7-15-34(55)16-8-29)51(77)64-41(25-32-11-19-36(70)20-12-32)50(76)63-40(24-30-5-13-33(14-6-30)45(58)71)49(75)61-38(48(74)67-44)4-2-3-21-56/h5-20,28,37-44,68-70H,2-4,21-27,56-57H2,1H3,(H2,58,71)(H2,59,72)(H,60,80)(H,61,75)(H,62,78)(H,63,76)(H,64,77)(H,65,73)(H,66,79)(H,67,74)/t28-,37+,38+,39-,40-,41+,42-,43+,44+/m1/s1. The van der Waals surface area contributed by atoms with Gasteiger partial charge in [0.1, 0.15) is 53.8 Å². The number of thioether (sulfide) groups is 1. The van der Waals surface area contributed by atoms with Crippen molar-refractivity contribution >= 4 is 81.8 Å². The second kappa shape index (κ2) is 30.9. The van der Waals surface area contributed by atoms with Crippen LogP contribution in [0.3, 0.4) is 0 Å². The maximum Gasteiger partial charge on any atom is 0.279 e. The second-order valence-electron chi connectivity index (χ2n) is 19.2. The van der Waals surface area contributed by atoms with Crippen molar-refractivity contribution in [2.75, 3.05) is 18.8 Å². The summed E-state index contributed by atoms with van der Waals surface area (Å²) in [6.07, 6.45) is -1.98. The lowest BCUT2D eigenvalue weighted by atomic mass is 10.00. The number of carbonyl (C=O) groups excluding carboxylic acids is 10. The van der Waals surface area contributed by atoms with E-state index in [1.54, 1.807) is 24.3 Å². The van der Waals surface area contributed by atoms with E-state index in [4.69, 9.17) is 34.5 Å². The molecule has 0 radical (unpaired) electrons. The summed E-state index contributed by atoms with van der Waals surface area (Å²) in [5.41, 5.74) is 25.2. The van der Waals surface area contributed by atoms with Gasteiger partial charge in [0.25, 0.3) is 5.24 Å². The topological polar surface area (TPSA) is 432 Å². The highest BCUT2D eigenvalue weighted by molar-refractivity contribution is 8.13. The summed E-state index contributed by atoms with van der Waals surface area (Å²) < 4.78 is 0. The molecule has 434 valence electrons. The number of aromatic hydroxyl groups is 2. The number of halogens is 1. The van der Waals surface area contributed by atoms with E-state index in [9.17, 15) is 63.3 Å². The predicted octanol–water partition coefficient (Wildman–Crippen LogP) is -1.71. The Morgan fingerprint density at radius 2 is 1.17 bits per heavy atom. The number of phenolic OH excluding ortho intramolecular Hbond substituents is 2. The number of primary amides is 2. The lowest BCUT2D eigenvalue weighted by Crippen LogP contribution is -2.62. The number of benzene rings is 4. The maximum absolute atomic E-state index is 14.7. The Morgan fingerprint density at radius 3 is 1.72 bits per heavy atom. The molecule has 1 heterocycles. The third-order valence-corrected chi connectivity index (χ3v) is 14.0. The van der Waals surface area contributed by atoms with Crippen molar-refractivity contribution in [3.63, 3.8) is 0 Å². The van der Waals surface area contributed by atoms with E-state index in [2.05, 4.69) is 42.5 Å². The van der Waals surface area contributed by atoms with Gasteiger partial charge in [-0.3, -0.25) is 47.9 Å². The van der Waals surface area contributed by atoms with Gasteiger partial charge in [0.15, 0.2) is 0 Å². The first-order valence-corrected chi connectivity index (χ1v) is 27.0. The van der Waals surface area contributed by atoms with Crippen LogP contribution < -0.4 is 65.5 Å². The van der Waals surface area contributed by atoms with Gasteiger partial charge in [-0.05, 0) is 110 Å². The first-order chi connectivity index (χ1) is 38.5. The van der Waals surface area contributed by atoms with Crippen LogP contribution in [0.1, 0.15) is 58.8 Å². The molecule has 27 heteroatoms. The van der Waals surface area contributed by atoms with E-state index in [0.29, 0.717) is 45.5 Å². The van der Waals surface area contributed by atoms with Crippen LogP contribution >= 0.6 is 23.4 Å². The zero-order chi connectivity index (χ0) is 59.3. The van der Waals surface area contributed by atoms with E-state index in [0.717, 1.165) is 6.92 Å². The van der Waals surface area contributed by atoms with Crippen molar-refractivity contribution < 1.29 is 63.3 Å². The minimum Gasteiger partial charge on any atom is -0.508 e. The van der Waals surface area contributed by atoms with Crippen LogP contribution in [0.25, 0.3) is 0 Å². The van der Waals surface area contributed by atoms with Gasteiger partial charge >= 0.3 is 0 Å². The summed E-state index contributed by atoms with van der Waals surface area (Å²) in [4.78, 5) is 139. The minimum absolute atomic E-state index is 0.0359. The summed E-state index contributed by atoms with van der Waals surface area (Å²) in [7, 11) is 0. The van der Waals surface area contributed by atoms with Crippen LogP contribution in [0, 0.1) is 0 Å². The van der Waals surface area contributed by atoms with Crippen LogP contribution in [-0.4, -0.2) is 147 Å². The number of amides is 10. The fourth-order valence-corrected chi connectivity index (χ4v) is 9.09. The molecule has 0 aliphatic carbocycles. The molecule has 1 aliphatic rings. The molecular weight excluding hydrogens is 1090 g/mol. The number of rotatable bonds is 19. The Kier molecular flexibility index (Phi) is 24.2. The molecule has 0 saturated carbocycles. The van der Waals surface area contributed by atoms with E-state index in [-0.39, 0.29) is 62.1 Å². The number of unbranched alkanes of at least 4 members (excludes halogenated alkanes) is 1. The van der Waals surface area contributed by atoms with E-state index in [1.165, 1.54) is 72.8 Å². The van der Waals surface area contributed by atoms with Crippen LogP contribution in [0.4, 0.5) is 4.79 Å². The van der Waals surface area contributed by atoms with Gasteiger partial charge in [-0.25, -0.2) is 0 Å². The predicted molar refractivity (Wildman–Crippen MR) is 299 cm³/mol. The first-order valence-electron chi connectivity index (χ1n) is 25.6. The second-order valence-corrected chi connectivity index (χ2v) is 20.6. The summed E-state index contributed by atoms with van der Waals surface area (Å²) in [6, 6.07) is 10.8. The van der Waals surface area contributed by atoms with E-state index in [1.807, 2.05) is 0 Å². The first kappa shape index (κ1) is 63.5. The number of carbonyl (C=O) groups is 10. The summed E-state index contributed by atoms with van der Waals surface area (Å²) >= 11 is 6.45. The number of nitrogens with two attached hydrogens (primary N) is 4. The smallest absolute Gasteiger partial charge is 0.279 e. The molecule has 1 fully saturated rings. The quantitative estimate of drug-likeness (QED) is 0.0465. The normalized spacial score (nSPS) is 20.9. The Balaban J connectivity index is 1.58. The molecule has 0 spiro atoms. The van der Waals surface area contributed by atoms with Crippen molar-refractivity contribution in [2.45, 2.75) is 106 Å². The van der Waals surface area contributed by atoms with E-state index < -0.39 is 125 Å². The average molecular weight is 1160 g/mol. The van der Waals surface area contributed by atoms with Crippen molar-refractivity contribution in [3.05, 3.63) is 130 Å². The Bertz CT molecular complexity index is 2870. The number of hydrogen-bond donors (Lipinski definition) is 15. The molecule has 4 aromatic rings. The van der Waals surface area contributed by atoms with Crippen molar-refractivity contribution in [3.8, 4) is 11.5 Å². The number of aliphatic hydroxyl groups excluding tert-OH is 1. The number of aliphatic hydroxyl groups is 1. The van der Waals surface area contributed by atoms with Crippen molar-refractivity contribution in [1.82, 2.24) is 42.5 Å². The highest BCUT2D eigenvalue weighted by Crippen LogP contribution is 2.17. The molecular formula is C54H67ClN12O13S. The molecule has 9 atom stereocenters. The van der Waals surface area contributed by atoms with Gasteiger partial charge in [-0.1, -0.05) is 71.9 Å². The summed E-state index contributed by atoms with van der Waals surface area (Å²) in [5.74, 6) is -9.63. The molecule has 5 rings (SSSR count). The molecule has 1 saturated heterocycles. The van der Waals surface area contributed by atoms with E-state index >= 15 is 0 Å². The van der Waals surface area contributed by atoms with Crippen LogP contribution in [-0.2, 0) is 64.0 Å². The fourth-order valence-electron chi connectivity index (χ4n) is 8.22. The van der Waals surface area contributed by atoms with Gasteiger partial charge in [-0.15, -0.1) is 0 Å². The van der Waals surface area contributed by atoms with Crippen LogP contribution in [0.15, 0.2) is 97.1 Å². The monoisotopic (exact) mass is 1160 g/mol. The zero-order valence-electron chi connectivity index (χ0n) is 44.0. The number of phenols is 2. The maximum atomic E-state index is 14.7. The lowest BCUT2D eigenvalue weighted by Gasteiger charge is -2.28. The molecule has 19 N–H and O–H groups in total. The molecule has 4 aromatic carbocycles. The molecule has 25 nitrogen and oxygen atoms in total. The molecule has 0 bridgehead atoms. The average Bonchev–Trinajstić information content (AvgIpc) is 3.44. The van der Waals surface area contributed by atoms with Crippen molar-refractivity contribution in [2.24, 2.45) is 22.9 Å². The Hall–Kier alpha value is -8.30. The summed E-state index contributed by atoms with van der Waals surface area (Å²) in [6.45, 7) is 0.657. The van der Waals surface area contributed by atoms with Crippen LogP contribution in [0.5, 0.6) is 11.5 Å². The fraction of sp³-hybridized carbons (Fsp3) is 0.370.